The van der Waals surface area contributed by atoms with Crippen LogP contribution in [0.4, 0.5) is 10.1 Å². The van der Waals surface area contributed by atoms with Gasteiger partial charge in [0.25, 0.3) is 17.7 Å². The number of anilines is 1. The smallest absolute Gasteiger partial charge is 0.271 e. The summed E-state index contributed by atoms with van der Waals surface area (Å²) >= 11 is 0. The number of carbonyl (C=O) groups excluding carboxylic acids is 3. The summed E-state index contributed by atoms with van der Waals surface area (Å²) in [7, 11) is -3.28. The molecular weight excluding hydrogens is 467 g/mol. The number of aryl methyl sites for hydroxylation is 1. The lowest BCUT2D eigenvalue weighted by Gasteiger charge is -2.14. The predicted octanol–water partition coefficient (Wildman–Crippen LogP) is 1.18. The molecule has 1 aromatic carbocycles. The van der Waals surface area contributed by atoms with Gasteiger partial charge in [0.2, 0.25) is 0 Å². The Morgan fingerprint density at radius 2 is 2.06 bits per heavy atom. The fraction of sp³-hybridized carbons (Fsp3) is 0.318. The average molecular weight is 491 g/mol. The molecule has 1 saturated heterocycles. The first kappa shape index (κ1) is 23.6. The summed E-state index contributed by atoms with van der Waals surface area (Å²) in [5.74, 6) is -2.18. The van der Waals surface area contributed by atoms with E-state index in [-0.39, 0.29) is 30.4 Å². The molecule has 1 fully saturated rings. The molecule has 180 valence electrons. The highest BCUT2D eigenvalue weighted by atomic mass is 32.2. The molecule has 0 unspecified atom stereocenters. The highest BCUT2D eigenvalue weighted by Gasteiger charge is 2.35. The second-order valence-electron chi connectivity index (χ2n) is 8.26. The number of sulfone groups is 1. The number of carbonyl (C=O) groups is 3. The molecule has 0 spiro atoms. The van der Waals surface area contributed by atoms with Crippen LogP contribution in [-0.2, 0) is 24.3 Å². The summed E-state index contributed by atoms with van der Waals surface area (Å²) in [4.78, 5) is 46.1. The Hall–Kier alpha value is -3.51. The van der Waals surface area contributed by atoms with E-state index in [4.69, 9.17) is 4.84 Å². The van der Waals surface area contributed by atoms with Gasteiger partial charge in [0.15, 0.2) is 0 Å². The average Bonchev–Trinajstić information content (AvgIpc) is 3.34. The lowest BCUT2D eigenvalue weighted by atomic mass is 10.0. The molecule has 2 aliphatic heterocycles. The van der Waals surface area contributed by atoms with E-state index < -0.39 is 33.5 Å². The molecule has 3 heterocycles. The number of rotatable bonds is 6. The SMILES string of the molecule is Cc1[nH]c(/C=C2\C(=O)Nc3ccc(F)cc32)c(C)c1C(=O)N[C@@H]1CON(CCS(C)(=O)=O)C1=O. The number of nitrogens with zero attached hydrogens (tertiary/aromatic N) is 1. The topological polar surface area (TPSA) is 138 Å². The van der Waals surface area contributed by atoms with Gasteiger partial charge in [-0.2, -0.15) is 0 Å². The summed E-state index contributed by atoms with van der Waals surface area (Å²) in [6.45, 7) is 3.12. The quantitative estimate of drug-likeness (QED) is 0.520. The first-order chi connectivity index (χ1) is 15.9. The zero-order valence-electron chi connectivity index (χ0n) is 18.7. The summed E-state index contributed by atoms with van der Waals surface area (Å²) in [6.07, 6.45) is 2.61. The molecule has 2 aliphatic rings. The number of nitrogens with one attached hydrogen (secondary N) is 3. The Morgan fingerprint density at radius 1 is 1.32 bits per heavy atom. The fourth-order valence-electron chi connectivity index (χ4n) is 3.94. The highest BCUT2D eigenvalue weighted by Crippen LogP contribution is 2.34. The van der Waals surface area contributed by atoms with Crippen molar-refractivity contribution in [2.24, 2.45) is 0 Å². The van der Waals surface area contributed by atoms with E-state index in [1.807, 2.05) is 0 Å². The van der Waals surface area contributed by atoms with Crippen molar-refractivity contribution >= 4 is 44.9 Å². The zero-order chi connectivity index (χ0) is 24.8. The van der Waals surface area contributed by atoms with Crippen LogP contribution in [0, 0.1) is 19.7 Å². The monoisotopic (exact) mass is 490 g/mol. The van der Waals surface area contributed by atoms with Crippen LogP contribution >= 0.6 is 0 Å². The maximum atomic E-state index is 13.7. The van der Waals surface area contributed by atoms with E-state index in [1.54, 1.807) is 19.9 Å². The van der Waals surface area contributed by atoms with Crippen LogP contribution in [0.15, 0.2) is 18.2 Å². The minimum absolute atomic E-state index is 0.115. The van der Waals surface area contributed by atoms with Crippen molar-refractivity contribution in [1.82, 2.24) is 15.4 Å². The first-order valence-corrected chi connectivity index (χ1v) is 12.5. The van der Waals surface area contributed by atoms with Gasteiger partial charge in [-0.05, 0) is 43.7 Å². The number of amides is 3. The molecule has 0 radical (unpaired) electrons. The predicted molar refractivity (Wildman–Crippen MR) is 122 cm³/mol. The molecule has 4 rings (SSSR count). The standard InChI is InChI=1S/C22H23FN4O6S/c1-11-17(9-15-14-8-13(23)4-5-16(14)25-20(15)28)24-12(2)19(11)21(29)26-18-10-33-27(22(18)30)6-7-34(3,31)32/h4-5,8-9,18,24H,6-7,10H2,1-3H3,(H,25,28)(H,26,29)/b15-9-/t18-/m1/s1. The molecule has 10 nitrogen and oxygen atoms in total. The molecular formula is C22H23FN4O6S. The van der Waals surface area contributed by atoms with Crippen molar-refractivity contribution in [3.05, 3.63) is 52.1 Å². The molecule has 34 heavy (non-hydrogen) atoms. The summed E-state index contributed by atoms with van der Waals surface area (Å²) in [5, 5.41) is 6.23. The van der Waals surface area contributed by atoms with Crippen LogP contribution in [0.2, 0.25) is 0 Å². The van der Waals surface area contributed by atoms with Gasteiger partial charge in [0.1, 0.15) is 28.3 Å². The summed E-state index contributed by atoms with van der Waals surface area (Å²) < 4.78 is 36.4. The Kier molecular flexibility index (Phi) is 6.04. The first-order valence-electron chi connectivity index (χ1n) is 10.4. The van der Waals surface area contributed by atoms with Gasteiger partial charge in [-0.25, -0.2) is 17.9 Å². The Bertz CT molecular complexity index is 1350. The number of halogens is 1. The Labute approximate surface area is 195 Å². The van der Waals surface area contributed by atoms with E-state index in [2.05, 4.69) is 15.6 Å². The van der Waals surface area contributed by atoms with Crippen LogP contribution in [0.5, 0.6) is 0 Å². The lowest BCUT2D eigenvalue weighted by Crippen LogP contribution is -2.43. The van der Waals surface area contributed by atoms with E-state index in [0.29, 0.717) is 33.8 Å². The van der Waals surface area contributed by atoms with Crippen LogP contribution in [0.25, 0.3) is 11.6 Å². The van der Waals surface area contributed by atoms with Crippen molar-refractivity contribution in [2.75, 3.05) is 30.5 Å². The zero-order valence-corrected chi connectivity index (χ0v) is 19.5. The number of hydrogen-bond acceptors (Lipinski definition) is 6. The maximum Gasteiger partial charge on any atom is 0.271 e. The lowest BCUT2D eigenvalue weighted by molar-refractivity contribution is -0.160. The molecule has 2 aromatic rings. The second kappa shape index (κ2) is 8.69. The summed E-state index contributed by atoms with van der Waals surface area (Å²) in [5.41, 5.74) is 3.02. The van der Waals surface area contributed by atoms with Crippen molar-refractivity contribution < 1.29 is 32.0 Å². The third-order valence-corrected chi connectivity index (χ3v) is 6.59. The minimum Gasteiger partial charge on any atom is -0.358 e. The van der Waals surface area contributed by atoms with Crippen LogP contribution in [-0.4, -0.2) is 67.4 Å². The molecule has 0 aliphatic carbocycles. The van der Waals surface area contributed by atoms with Gasteiger partial charge >= 0.3 is 0 Å². The molecule has 1 aromatic heterocycles. The molecule has 0 bridgehead atoms. The number of aromatic nitrogens is 1. The van der Waals surface area contributed by atoms with Crippen LogP contribution in [0.1, 0.15) is 32.9 Å². The van der Waals surface area contributed by atoms with Gasteiger partial charge in [0.05, 0.1) is 23.4 Å². The van der Waals surface area contributed by atoms with Gasteiger partial charge in [-0.15, -0.1) is 0 Å². The molecule has 3 amide bonds. The number of hydroxylamine groups is 2. The van der Waals surface area contributed by atoms with E-state index in [1.165, 1.54) is 18.2 Å². The van der Waals surface area contributed by atoms with Gasteiger partial charge in [-0.3, -0.25) is 19.2 Å². The molecule has 0 saturated carbocycles. The maximum absolute atomic E-state index is 13.7. The van der Waals surface area contributed by atoms with Crippen LogP contribution < -0.4 is 10.6 Å². The Balaban J connectivity index is 1.53. The third kappa shape index (κ3) is 4.59. The minimum atomic E-state index is -3.28. The van der Waals surface area contributed by atoms with Gasteiger partial charge in [-0.1, -0.05) is 0 Å². The van der Waals surface area contributed by atoms with Crippen LogP contribution in [0.3, 0.4) is 0 Å². The Morgan fingerprint density at radius 3 is 2.76 bits per heavy atom. The molecule has 1 atom stereocenters. The van der Waals surface area contributed by atoms with E-state index in [9.17, 15) is 27.2 Å². The van der Waals surface area contributed by atoms with Gasteiger partial charge in [0, 0.05) is 28.9 Å². The number of benzene rings is 1. The van der Waals surface area contributed by atoms with Crippen molar-refractivity contribution in [2.45, 2.75) is 19.9 Å². The van der Waals surface area contributed by atoms with Crippen molar-refractivity contribution in [3.63, 3.8) is 0 Å². The number of aromatic amines is 1. The van der Waals surface area contributed by atoms with E-state index in [0.717, 1.165) is 11.3 Å². The third-order valence-electron chi connectivity index (χ3n) is 5.67. The number of H-pyrrole nitrogens is 1. The highest BCUT2D eigenvalue weighted by molar-refractivity contribution is 7.90. The largest absolute Gasteiger partial charge is 0.358 e. The normalized spacial score (nSPS) is 19.0. The second-order valence-corrected chi connectivity index (χ2v) is 10.5. The fourth-order valence-corrected chi connectivity index (χ4v) is 4.44. The molecule has 3 N–H and O–H groups in total. The summed E-state index contributed by atoms with van der Waals surface area (Å²) in [6, 6.07) is 3.04. The molecule has 12 heteroatoms. The van der Waals surface area contributed by atoms with Crippen molar-refractivity contribution in [3.8, 4) is 0 Å². The number of fused-ring (bicyclic) bond motifs is 1. The van der Waals surface area contributed by atoms with E-state index >= 15 is 0 Å². The number of hydrogen-bond donors (Lipinski definition) is 3. The van der Waals surface area contributed by atoms with Crippen molar-refractivity contribution in [1.29, 1.82) is 0 Å². The van der Waals surface area contributed by atoms with Gasteiger partial charge < -0.3 is 15.6 Å².